The first-order chi connectivity index (χ1) is 10.3. The highest BCUT2D eigenvalue weighted by Gasteiger charge is 1.97. The molecule has 0 fully saturated rings. The number of ether oxygens (including phenoxy) is 4. The number of aliphatic hydroxyl groups is 1. The summed E-state index contributed by atoms with van der Waals surface area (Å²) in [7, 11) is -4.67. The Hall–Kier alpha value is -0.330. The van der Waals surface area contributed by atoms with Gasteiger partial charge in [-0.1, -0.05) is 6.92 Å². The van der Waals surface area contributed by atoms with Gasteiger partial charge in [-0.3, -0.25) is 9.11 Å². The van der Waals surface area contributed by atoms with E-state index in [1.807, 2.05) is 0 Å². The number of aliphatic hydroxyl groups excluding tert-OH is 1. The fraction of sp³-hybridized carbons (Fsp3) is 1.00. The van der Waals surface area contributed by atoms with Gasteiger partial charge >= 0.3 is 10.4 Å². The van der Waals surface area contributed by atoms with Crippen molar-refractivity contribution in [2.75, 3.05) is 52.9 Å². The Morgan fingerprint density at radius 3 is 1.59 bits per heavy atom. The monoisotopic (exact) mass is 348 g/mol. The van der Waals surface area contributed by atoms with Crippen LogP contribution in [0.4, 0.5) is 0 Å². The van der Waals surface area contributed by atoms with Crippen molar-refractivity contribution in [1.82, 2.24) is 0 Å². The first-order valence-electron chi connectivity index (χ1n) is 6.96. The molecular weight excluding hydrogens is 320 g/mol. The molecule has 0 aromatic heterocycles. The summed E-state index contributed by atoms with van der Waals surface area (Å²) in [4.78, 5) is 0. The van der Waals surface area contributed by atoms with E-state index in [9.17, 15) is 0 Å². The summed E-state index contributed by atoms with van der Waals surface area (Å²) < 4.78 is 52.6. The van der Waals surface area contributed by atoms with Crippen molar-refractivity contribution in [1.29, 1.82) is 0 Å². The molecule has 0 radical (unpaired) electrons. The minimum atomic E-state index is -4.67. The maximum absolute atomic E-state index is 8.74. The van der Waals surface area contributed by atoms with E-state index in [1.54, 1.807) is 0 Å². The van der Waals surface area contributed by atoms with Crippen LogP contribution in [0, 0.1) is 0 Å². The second-order valence-electron chi connectivity index (χ2n) is 4.10. The molecule has 1 unspecified atom stereocenters. The maximum Gasteiger partial charge on any atom is 0.394 e. The molecule has 1 atom stereocenters. The molecule has 9 nitrogen and oxygen atoms in total. The largest absolute Gasteiger partial charge is 0.394 e. The van der Waals surface area contributed by atoms with Gasteiger partial charge in [0.05, 0.1) is 59.0 Å². The standard InChI is InChI=1S/C12H26O5.H2O4S/c1-3-12(2)17-11-10-16-9-8-15-7-6-14-5-4-13;1-5(2,3)4/h12-13H,3-11H2,1-2H3;(H2,1,2,3,4). The smallest absolute Gasteiger partial charge is 0.394 e. The molecule has 0 aliphatic carbocycles. The van der Waals surface area contributed by atoms with Crippen molar-refractivity contribution in [3.63, 3.8) is 0 Å². The number of hydrogen-bond acceptors (Lipinski definition) is 7. The minimum absolute atomic E-state index is 0.0549. The molecular formula is C12H28O9S. The fourth-order valence-electron chi connectivity index (χ4n) is 1.03. The molecule has 0 bridgehead atoms. The first kappa shape index (κ1) is 23.9. The second kappa shape index (κ2) is 17.0. The van der Waals surface area contributed by atoms with Gasteiger partial charge in [-0.2, -0.15) is 8.42 Å². The zero-order chi connectivity index (χ0) is 17.3. The normalized spacial score (nSPS) is 12.6. The topological polar surface area (TPSA) is 132 Å². The van der Waals surface area contributed by atoms with Crippen LogP contribution in [0.15, 0.2) is 0 Å². The Morgan fingerprint density at radius 2 is 1.23 bits per heavy atom. The van der Waals surface area contributed by atoms with Crippen LogP contribution >= 0.6 is 0 Å². The van der Waals surface area contributed by atoms with E-state index in [0.29, 0.717) is 52.4 Å². The summed E-state index contributed by atoms with van der Waals surface area (Å²) in [6, 6.07) is 0. The summed E-state index contributed by atoms with van der Waals surface area (Å²) in [5.74, 6) is 0. The zero-order valence-corrected chi connectivity index (χ0v) is 14.0. The minimum Gasteiger partial charge on any atom is -0.394 e. The van der Waals surface area contributed by atoms with Crippen LogP contribution < -0.4 is 0 Å². The average Bonchev–Trinajstić information content (AvgIpc) is 2.42. The van der Waals surface area contributed by atoms with Gasteiger partial charge in [0, 0.05) is 0 Å². The van der Waals surface area contributed by atoms with Gasteiger partial charge in [-0.25, -0.2) is 0 Å². The van der Waals surface area contributed by atoms with Crippen molar-refractivity contribution in [3.05, 3.63) is 0 Å². The molecule has 3 N–H and O–H groups in total. The van der Waals surface area contributed by atoms with E-state index in [-0.39, 0.29) is 6.61 Å². The SMILES string of the molecule is CCC(C)OCCOCCOCCOCCO.O=S(=O)(O)O. The third-order valence-electron chi connectivity index (χ3n) is 2.18. The van der Waals surface area contributed by atoms with E-state index in [1.165, 1.54) is 0 Å². The molecule has 0 aliphatic heterocycles. The highest BCUT2D eigenvalue weighted by Crippen LogP contribution is 1.94. The van der Waals surface area contributed by atoms with Gasteiger partial charge in [0.1, 0.15) is 0 Å². The molecule has 136 valence electrons. The molecule has 0 aromatic carbocycles. The van der Waals surface area contributed by atoms with Crippen LogP contribution in [-0.4, -0.2) is 81.6 Å². The molecule has 0 aliphatic rings. The molecule has 0 amide bonds. The highest BCUT2D eigenvalue weighted by atomic mass is 32.3. The van der Waals surface area contributed by atoms with Crippen molar-refractivity contribution >= 4 is 10.4 Å². The Bertz CT molecular complexity index is 300. The summed E-state index contributed by atoms with van der Waals surface area (Å²) in [6.07, 6.45) is 1.33. The quantitative estimate of drug-likeness (QED) is 0.315. The van der Waals surface area contributed by atoms with Crippen molar-refractivity contribution in [2.45, 2.75) is 26.4 Å². The molecule has 0 spiro atoms. The number of hydrogen-bond donors (Lipinski definition) is 3. The third kappa shape index (κ3) is 31.9. The lowest BCUT2D eigenvalue weighted by Gasteiger charge is -2.10. The van der Waals surface area contributed by atoms with Crippen LogP contribution in [0.25, 0.3) is 0 Å². The third-order valence-corrected chi connectivity index (χ3v) is 2.18. The molecule has 0 saturated carbocycles. The maximum atomic E-state index is 8.74. The van der Waals surface area contributed by atoms with E-state index >= 15 is 0 Å². The lowest BCUT2D eigenvalue weighted by Crippen LogP contribution is -2.14. The summed E-state index contributed by atoms with van der Waals surface area (Å²) in [6.45, 7) is 7.99. The Labute approximate surface area is 132 Å². The van der Waals surface area contributed by atoms with Gasteiger partial charge in [-0.15, -0.1) is 0 Å². The van der Waals surface area contributed by atoms with Crippen LogP contribution in [-0.2, 0) is 29.3 Å². The number of rotatable bonds is 13. The lowest BCUT2D eigenvalue weighted by molar-refractivity contribution is -0.0174. The predicted octanol–water partition coefficient (Wildman–Crippen LogP) is 0.191. The Morgan fingerprint density at radius 1 is 0.864 bits per heavy atom. The highest BCUT2D eigenvalue weighted by molar-refractivity contribution is 7.79. The Balaban J connectivity index is 0. The average molecular weight is 348 g/mol. The molecule has 10 heteroatoms. The molecule has 0 saturated heterocycles. The van der Waals surface area contributed by atoms with Crippen LogP contribution in [0.5, 0.6) is 0 Å². The van der Waals surface area contributed by atoms with Crippen LogP contribution in [0.1, 0.15) is 20.3 Å². The van der Waals surface area contributed by atoms with E-state index in [2.05, 4.69) is 13.8 Å². The molecule has 0 heterocycles. The lowest BCUT2D eigenvalue weighted by atomic mass is 10.3. The molecule has 0 aromatic rings. The van der Waals surface area contributed by atoms with E-state index < -0.39 is 10.4 Å². The van der Waals surface area contributed by atoms with Gasteiger partial charge in [0.25, 0.3) is 0 Å². The molecule has 22 heavy (non-hydrogen) atoms. The van der Waals surface area contributed by atoms with Gasteiger partial charge in [-0.05, 0) is 13.3 Å². The van der Waals surface area contributed by atoms with Gasteiger partial charge in [0.2, 0.25) is 0 Å². The van der Waals surface area contributed by atoms with Crippen molar-refractivity contribution in [2.24, 2.45) is 0 Å². The summed E-state index contributed by atoms with van der Waals surface area (Å²) in [5.41, 5.74) is 0. The van der Waals surface area contributed by atoms with E-state index in [4.69, 9.17) is 41.6 Å². The van der Waals surface area contributed by atoms with Crippen molar-refractivity contribution < 1.29 is 41.6 Å². The molecule has 0 rings (SSSR count). The van der Waals surface area contributed by atoms with Gasteiger partial charge in [0.15, 0.2) is 0 Å². The Kier molecular flexibility index (Phi) is 18.5. The summed E-state index contributed by atoms with van der Waals surface area (Å²) in [5, 5.41) is 8.45. The second-order valence-corrected chi connectivity index (χ2v) is 4.99. The van der Waals surface area contributed by atoms with Crippen molar-refractivity contribution in [3.8, 4) is 0 Å². The zero-order valence-electron chi connectivity index (χ0n) is 13.1. The fourth-order valence-corrected chi connectivity index (χ4v) is 1.03. The van der Waals surface area contributed by atoms with Crippen LogP contribution in [0.3, 0.4) is 0 Å². The summed E-state index contributed by atoms with van der Waals surface area (Å²) >= 11 is 0. The van der Waals surface area contributed by atoms with E-state index in [0.717, 1.165) is 6.42 Å². The predicted molar refractivity (Wildman–Crippen MR) is 79.4 cm³/mol. The van der Waals surface area contributed by atoms with Crippen LogP contribution in [0.2, 0.25) is 0 Å². The van der Waals surface area contributed by atoms with Gasteiger partial charge < -0.3 is 24.1 Å². The first-order valence-corrected chi connectivity index (χ1v) is 8.36.